The minimum absolute atomic E-state index is 0.0190. The number of rotatable bonds is 7. The van der Waals surface area contributed by atoms with E-state index in [-0.39, 0.29) is 17.2 Å². The molecule has 2 aromatic heterocycles. The average Bonchev–Trinajstić information content (AvgIpc) is 3.48. The third kappa shape index (κ3) is 6.59. The molecule has 0 radical (unpaired) electrons. The van der Waals surface area contributed by atoms with Crippen molar-refractivity contribution >= 4 is 23.1 Å². The fraction of sp³-hybridized carbons (Fsp3) is 0.559. The maximum Gasteiger partial charge on any atom is 0.231 e. The topological polar surface area (TPSA) is 55.3 Å². The normalized spacial score (nSPS) is 20.3. The Morgan fingerprint density at radius 3 is 2.40 bits per heavy atom. The van der Waals surface area contributed by atoms with Gasteiger partial charge >= 0.3 is 0 Å². The van der Waals surface area contributed by atoms with E-state index >= 15 is 0 Å². The van der Waals surface area contributed by atoms with Crippen LogP contribution in [0.5, 0.6) is 5.75 Å². The van der Waals surface area contributed by atoms with Crippen LogP contribution in [-0.2, 0) is 10.2 Å². The summed E-state index contributed by atoms with van der Waals surface area (Å²) >= 11 is 1.74. The van der Waals surface area contributed by atoms with Crippen molar-refractivity contribution in [2.24, 2.45) is 11.8 Å². The number of pyridine rings is 1. The third-order valence-corrected chi connectivity index (χ3v) is 10.3. The van der Waals surface area contributed by atoms with Crippen LogP contribution in [0, 0.1) is 18.8 Å². The third-order valence-electron chi connectivity index (χ3n) is 8.85. The van der Waals surface area contributed by atoms with Gasteiger partial charge in [0.2, 0.25) is 5.91 Å². The number of methoxy groups -OCH3 is 1. The number of aryl methyl sites for hydroxylation is 1. The smallest absolute Gasteiger partial charge is 0.231 e. The Balaban J connectivity index is 1.34. The van der Waals surface area contributed by atoms with Crippen LogP contribution in [0.2, 0.25) is 0 Å². The van der Waals surface area contributed by atoms with Gasteiger partial charge in [-0.2, -0.15) is 0 Å². The monoisotopic (exact) mass is 559 g/mol. The number of anilines is 1. The van der Waals surface area contributed by atoms with E-state index < -0.39 is 0 Å². The first-order chi connectivity index (χ1) is 19.2. The van der Waals surface area contributed by atoms with Gasteiger partial charge in [0, 0.05) is 30.3 Å². The summed E-state index contributed by atoms with van der Waals surface area (Å²) in [5.74, 6) is 3.21. The second-order valence-corrected chi connectivity index (χ2v) is 13.9. The van der Waals surface area contributed by atoms with Gasteiger partial charge in [0.05, 0.1) is 17.0 Å². The Labute approximate surface area is 244 Å². The zero-order valence-electron chi connectivity index (χ0n) is 24.9. The van der Waals surface area contributed by atoms with Crippen molar-refractivity contribution in [2.45, 2.75) is 96.8 Å². The molecule has 5 rings (SSSR count). The van der Waals surface area contributed by atoms with Crippen LogP contribution in [0.4, 0.5) is 5.82 Å². The van der Waals surface area contributed by atoms with E-state index in [1.807, 2.05) is 17.3 Å². The summed E-state index contributed by atoms with van der Waals surface area (Å²) in [6.07, 6.45) is 14.0. The minimum Gasteiger partial charge on any atom is -0.496 e. The van der Waals surface area contributed by atoms with E-state index in [0.29, 0.717) is 11.8 Å². The van der Waals surface area contributed by atoms with E-state index in [0.717, 1.165) is 84.9 Å². The van der Waals surface area contributed by atoms with Gasteiger partial charge in [-0.15, -0.1) is 11.3 Å². The van der Waals surface area contributed by atoms with Crippen LogP contribution in [0.3, 0.4) is 0 Å². The average molecular weight is 560 g/mol. The molecule has 214 valence electrons. The molecular weight excluding hydrogens is 514 g/mol. The summed E-state index contributed by atoms with van der Waals surface area (Å²) in [4.78, 5) is 26.7. The van der Waals surface area contributed by atoms with Crippen LogP contribution < -0.4 is 9.64 Å². The number of thiazole rings is 1. The van der Waals surface area contributed by atoms with Crippen molar-refractivity contribution in [1.82, 2.24) is 9.97 Å². The molecule has 6 heteroatoms. The molecule has 2 fully saturated rings. The summed E-state index contributed by atoms with van der Waals surface area (Å²) in [6.45, 7) is 9.48. The molecular formula is C34H45N3O2S. The highest BCUT2D eigenvalue weighted by molar-refractivity contribution is 7.15. The lowest BCUT2D eigenvalue weighted by atomic mass is 9.78. The highest BCUT2D eigenvalue weighted by Gasteiger charge is 2.32. The van der Waals surface area contributed by atoms with E-state index in [1.165, 1.54) is 17.5 Å². The number of hydrogen-bond donors (Lipinski definition) is 0. The summed E-state index contributed by atoms with van der Waals surface area (Å²) < 4.78 is 5.47. The lowest BCUT2D eigenvalue weighted by Crippen LogP contribution is -2.41. The van der Waals surface area contributed by atoms with Gasteiger partial charge in [-0.1, -0.05) is 52.2 Å². The molecule has 1 amide bonds. The molecule has 0 bridgehead atoms. The number of benzene rings is 1. The highest BCUT2D eigenvalue weighted by atomic mass is 32.1. The fourth-order valence-electron chi connectivity index (χ4n) is 6.43. The largest absolute Gasteiger partial charge is 0.496 e. The molecule has 0 spiro atoms. The van der Waals surface area contributed by atoms with Gasteiger partial charge in [0.25, 0.3) is 0 Å². The second-order valence-electron chi connectivity index (χ2n) is 12.9. The molecule has 0 N–H and O–H groups in total. The zero-order valence-corrected chi connectivity index (χ0v) is 25.7. The van der Waals surface area contributed by atoms with E-state index in [1.54, 1.807) is 18.4 Å². The Hall–Kier alpha value is -2.73. The van der Waals surface area contributed by atoms with Crippen LogP contribution in [0.15, 0.2) is 42.7 Å². The van der Waals surface area contributed by atoms with Gasteiger partial charge in [-0.25, -0.2) is 9.97 Å². The van der Waals surface area contributed by atoms with Gasteiger partial charge in [-0.3, -0.25) is 9.69 Å². The molecule has 40 heavy (non-hydrogen) atoms. The maximum atomic E-state index is 14.0. The summed E-state index contributed by atoms with van der Waals surface area (Å²) in [7, 11) is 1.73. The van der Waals surface area contributed by atoms with Crippen molar-refractivity contribution in [3.05, 3.63) is 58.9 Å². The van der Waals surface area contributed by atoms with Crippen molar-refractivity contribution in [3.63, 3.8) is 0 Å². The van der Waals surface area contributed by atoms with Crippen LogP contribution in [0.25, 0.3) is 10.4 Å². The summed E-state index contributed by atoms with van der Waals surface area (Å²) in [6, 6.07) is 10.8. The summed E-state index contributed by atoms with van der Waals surface area (Å²) in [5.41, 5.74) is 3.73. The maximum absolute atomic E-state index is 14.0. The lowest BCUT2D eigenvalue weighted by Gasteiger charge is -2.35. The quantitative estimate of drug-likeness (QED) is 0.290. The zero-order chi connectivity index (χ0) is 28.3. The van der Waals surface area contributed by atoms with Crippen molar-refractivity contribution in [3.8, 4) is 16.2 Å². The first kappa shape index (κ1) is 28.8. The van der Waals surface area contributed by atoms with E-state index in [2.05, 4.69) is 58.0 Å². The molecule has 2 heterocycles. The van der Waals surface area contributed by atoms with Crippen LogP contribution in [-0.4, -0.2) is 29.5 Å². The fourth-order valence-corrected chi connectivity index (χ4v) is 7.40. The van der Waals surface area contributed by atoms with Crippen molar-refractivity contribution in [1.29, 1.82) is 0 Å². The molecule has 3 aromatic rings. The Bertz CT molecular complexity index is 1300. The first-order valence-electron chi connectivity index (χ1n) is 15.1. The molecule has 0 saturated heterocycles. The minimum atomic E-state index is 0.0190. The number of amides is 1. The van der Waals surface area contributed by atoms with Gasteiger partial charge in [0.15, 0.2) is 0 Å². The molecule has 1 aromatic carbocycles. The molecule has 5 nitrogen and oxygen atoms in total. The Kier molecular flexibility index (Phi) is 8.94. The predicted octanol–water partition coefficient (Wildman–Crippen LogP) is 8.71. The number of carbonyl (C=O) groups excluding carboxylic acids is 1. The van der Waals surface area contributed by atoms with Crippen LogP contribution >= 0.6 is 11.3 Å². The molecule has 0 unspecified atom stereocenters. The molecule has 0 aliphatic heterocycles. The number of hydrogen-bond acceptors (Lipinski definition) is 5. The predicted molar refractivity (Wildman–Crippen MR) is 165 cm³/mol. The standard InChI is InChI=1S/C34H45N3O2S/c1-23-19-27(15-16-29(23)39-5)25-13-11-24(12-14-25)22-37(32(38)26-9-7-6-8-10-26)31-20-28(17-18-35-31)30-21-36-33(40-30)34(2,3)4/h15-21,24-26H,6-14,22H2,1-5H3. The van der Waals surface area contributed by atoms with Gasteiger partial charge < -0.3 is 4.74 Å². The van der Waals surface area contributed by atoms with Crippen molar-refractivity contribution in [2.75, 3.05) is 18.6 Å². The van der Waals surface area contributed by atoms with Gasteiger partial charge in [-0.05, 0) is 92.2 Å². The number of carbonyl (C=O) groups is 1. The van der Waals surface area contributed by atoms with E-state index in [9.17, 15) is 4.79 Å². The van der Waals surface area contributed by atoms with Crippen LogP contribution in [0.1, 0.15) is 101 Å². The molecule has 0 atom stereocenters. The lowest BCUT2D eigenvalue weighted by molar-refractivity contribution is -0.123. The Morgan fingerprint density at radius 2 is 1.75 bits per heavy atom. The van der Waals surface area contributed by atoms with E-state index in [4.69, 9.17) is 14.7 Å². The number of nitrogens with zero attached hydrogens (tertiary/aromatic N) is 3. The molecule has 2 aliphatic carbocycles. The first-order valence-corrected chi connectivity index (χ1v) is 15.9. The SMILES string of the molecule is COc1ccc(C2CCC(CN(C(=O)C3CCCCC3)c3cc(-c4cnc(C(C)(C)C)s4)ccn3)CC2)cc1C. The Morgan fingerprint density at radius 1 is 1.00 bits per heavy atom. The van der Waals surface area contributed by atoms with Gasteiger partial charge in [0.1, 0.15) is 11.6 Å². The summed E-state index contributed by atoms with van der Waals surface area (Å²) in [5, 5.41) is 1.12. The van der Waals surface area contributed by atoms with Crippen molar-refractivity contribution < 1.29 is 9.53 Å². The number of ether oxygens (including phenoxy) is 1. The second kappa shape index (κ2) is 12.4. The number of aromatic nitrogens is 2. The molecule has 2 saturated carbocycles. The molecule has 2 aliphatic rings. The highest BCUT2D eigenvalue weighted by Crippen LogP contribution is 2.39.